The normalized spacial score (nSPS) is 19.1. The number of aliphatic hydroxyl groups is 1. The molecule has 0 aromatic heterocycles. The maximum atomic E-state index is 12.6. The first kappa shape index (κ1) is 15.7. The number of fused-ring (bicyclic) bond motifs is 1. The molecule has 0 unspecified atom stereocenters. The van der Waals surface area contributed by atoms with Crippen LogP contribution in [0.2, 0.25) is 0 Å². The van der Waals surface area contributed by atoms with Crippen LogP contribution < -0.4 is 10.6 Å². The predicted octanol–water partition coefficient (Wildman–Crippen LogP) is 1.55. The third-order valence-electron chi connectivity index (χ3n) is 3.84. The highest BCUT2D eigenvalue weighted by Crippen LogP contribution is 2.36. The zero-order chi connectivity index (χ0) is 17.3. The standard InChI is InChI=1S/C17H14N2O5/c20-14-9-17(24,11-6-2-4-8-13(11)18-14)16(23)19-12-7-3-1-5-10(12)15(21)22/h1-8,24H,9H2,(H,18,20)(H,19,23)(H,21,22)/t17-/m1/s1. The van der Waals surface area contributed by atoms with Gasteiger partial charge in [0.05, 0.1) is 17.7 Å². The molecule has 1 heterocycles. The van der Waals surface area contributed by atoms with Crippen LogP contribution in [0.4, 0.5) is 11.4 Å². The molecule has 0 fully saturated rings. The fraction of sp³-hybridized carbons (Fsp3) is 0.118. The largest absolute Gasteiger partial charge is 0.478 e. The van der Waals surface area contributed by atoms with Crippen molar-refractivity contribution >= 4 is 29.2 Å². The number of anilines is 2. The monoisotopic (exact) mass is 326 g/mol. The van der Waals surface area contributed by atoms with E-state index in [1.807, 2.05) is 0 Å². The van der Waals surface area contributed by atoms with E-state index in [0.717, 1.165) is 0 Å². The molecule has 7 heteroatoms. The van der Waals surface area contributed by atoms with E-state index in [-0.39, 0.29) is 16.8 Å². The van der Waals surface area contributed by atoms with Crippen molar-refractivity contribution in [3.63, 3.8) is 0 Å². The lowest BCUT2D eigenvalue weighted by molar-refractivity contribution is -0.141. The molecule has 3 rings (SSSR count). The number of carbonyl (C=O) groups is 3. The van der Waals surface area contributed by atoms with Gasteiger partial charge in [0.15, 0.2) is 5.60 Å². The number of aromatic carboxylic acids is 1. The first-order valence-electron chi connectivity index (χ1n) is 7.17. The minimum absolute atomic E-state index is 0.0480. The fourth-order valence-electron chi connectivity index (χ4n) is 2.68. The average molecular weight is 326 g/mol. The van der Waals surface area contributed by atoms with E-state index in [1.54, 1.807) is 24.3 Å². The molecule has 24 heavy (non-hydrogen) atoms. The van der Waals surface area contributed by atoms with Crippen LogP contribution in [0.5, 0.6) is 0 Å². The molecule has 7 nitrogen and oxygen atoms in total. The second-order valence-corrected chi connectivity index (χ2v) is 5.44. The van der Waals surface area contributed by atoms with Gasteiger partial charge in [0, 0.05) is 11.3 Å². The van der Waals surface area contributed by atoms with Gasteiger partial charge in [-0.25, -0.2) is 4.79 Å². The van der Waals surface area contributed by atoms with E-state index < -0.39 is 29.8 Å². The maximum absolute atomic E-state index is 12.6. The second-order valence-electron chi connectivity index (χ2n) is 5.44. The van der Waals surface area contributed by atoms with Gasteiger partial charge in [-0.3, -0.25) is 9.59 Å². The number of carbonyl (C=O) groups excluding carboxylic acids is 2. The number of carboxylic acid groups (broad SMARTS) is 1. The molecule has 2 aromatic rings. The molecule has 0 saturated carbocycles. The zero-order valence-corrected chi connectivity index (χ0v) is 12.4. The molecule has 4 N–H and O–H groups in total. The highest BCUT2D eigenvalue weighted by Gasteiger charge is 2.45. The summed E-state index contributed by atoms with van der Waals surface area (Å²) in [6.45, 7) is 0. The molecular weight excluding hydrogens is 312 g/mol. The van der Waals surface area contributed by atoms with Crippen LogP contribution in [0, 0.1) is 0 Å². The molecule has 0 spiro atoms. The highest BCUT2D eigenvalue weighted by molar-refractivity contribution is 6.08. The lowest BCUT2D eigenvalue weighted by Gasteiger charge is -2.32. The quantitative estimate of drug-likeness (QED) is 0.683. The summed E-state index contributed by atoms with van der Waals surface area (Å²) >= 11 is 0. The highest BCUT2D eigenvalue weighted by atomic mass is 16.4. The van der Waals surface area contributed by atoms with Gasteiger partial charge in [-0.05, 0) is 18.2 Å². The van der Waals surface area contributed by atoms with E-state index in [4.69, 9.17) is 0 Å². The first-order valence-corrected chi connectivity index (χ1v) is 7.17. The molecule has 1 atom stereocenters. The summed E-state index contributed by atoms with van der Waals surface area (Å²) in [5.74, 6) is -2.57. The predicted molar refractivity (Wildman–Crippen MR) is 85.6 cm³/mol. The van der Waals surface area contributed by atoms with Gasteiger partial charge < -0.3 is 20.8 Å². The van der Waals surface area contributed by atoms with Gasteiger partial charge >= 0.3 is 5.97 Å². The number of para-hydroxylation sites is 2. The number of amides is 2. The van der Waals surface area contributed by atoms with Crippen molar-refractivity contribution in [1.29, 1.82) is 0 Å². The van der Waals surface area contributed by atoms with Gasteiger partial charge in [0.1, 0.15) is 0 Å². The summed E-state index contributed by atoms with van der Waals surface area (Å²) < 4.78 is 0. The Morgan fingerprint density at radius 3 is 2.50 bits per heavy atom. The lowest BCUT2D eigenvalue weighted by atomic mass is 9.85. The minimum Gasteiger partial charge on any atom is -0.478 e. The van der Waals surface area contributed by atoms with Crippen molar-refractivity contribution in [2.75, 3.05) is 10.6 Å². The molecule has 0 bridgehead atoms. The second kappa shape index (κ2) is 5.78. The maximum Gasteiger partial charge on any atom is 0.337 e. The molecular formula is C17H14N2O5. The number of nitrogens with one attached hydrogen (secondary N) is 2. The van der Waals surface area contributed by atoms with Gasteiger partial charge in [0.25, 0.3) is 5.91 Å². The summed E-state index contributed by atoms with van der Waals surface area (Å²) in [7, 11) is 0. The zero-order valence-electron chi connectivity index (χ0n) is 12.4. The average Bonchev–Trinajstić information content (AvgIpc) is 2.55. The van der Waals surface area contributed by atoms with Crippen LogP contribution in [0.3, 0.4) is 0 Å². The Bertz CT molecular complexity index is 848. The lowest BCUT2D eigenvalue weighted by Crippen LogP contribution is -2.46. The minimum atomic E-state index is -2.08. The number of carboxylic acids is 1. The summed E-state index contributed by atoms with van der Waals surface area (Å²) in [4.78, 5) is 35.7. The van der Waals surface area contributed by atoms with Crippen molar-refractivity contribution in [3.05, 3.63) is 59.7 Å². The van der Waals surface area contributed by atoms with E-state index >= 15 is 0 Å². The van der Waals surface area contributed by atoms with E-state index in [2.05, 4.69) is 10.6 Å². The van der Waals surface area contributed by atoms with Crippen molar-refractivity contribution in [3.8, 4) is 0 Å². The van der Waals surface area contributed by atoms with Crippen LogP contribution in [0.1, 0.15) is 22.3 Å². The fourth-order valence-corrected chi connectivity index (χ4v) is 2.68. The van der Waals surface area contributed by atoms with E-state index in [1.165, 1.54) is 24.3 Å². The van der Waals surface area contributed by atoms with Crippen molar-refractivity contribution in [2.24, 2.45) is 0 Å². The molecule has 0 aliphatic carbocycles. The SMILES string of the molecule is O=C1C[C@](O)(C(=O)Nc2ccccc2C(=O)O)c2ccccc2N1. The Morgan fingerprint density at radius 1 is 1.08 bits per heavy atom. The molecule has 0 saturated heterocycles. The van der Waals surface area contributed by atoms with E-state index in [9.17, 15) is 24.6 Å². The number of hydrogen-bond acceptors (Lipinski definition) is 4. The summed E-state index contributed by atoms with van der Waals surface area (Å²) in [5, 5.41) is 25.0. The third-order valence-corrected chi connectivity index (χ3v) is 3.84. The van der Waals surface area contributed by atoms with Crippen LogP contribution in [-0.2, 0) is 15.2 Å². The Balaban J connectivity index is 1.99. The molecule has 2 aromatic carbocycles. The van der Waals surface area contributed by atoms with Gasteiger partial charge in [0.2, 0.25) is 5.91 Å². The molecule has 0 radical (unpaired) electrons. The molecule has 122 valence electrons. The Morgan fingerprint density at radius 2 is 1.75 bits per heavy atom. The Kier molecular flexibility index (Phi) is 3.78. The number of benzene rings is 2. The van der Waals surface area contributed by atoms with Gasteiger partial charge in [-0.2, -0.15) is 0 Å². The molecule has 2 amide bonds. The Labute approximate surface area is 136 Å². The van der Waals surface area contributed by atoms with Crippen molar-refractivity contribution in [1.82, 2.24) is 0 Å². The van der Waals surface area contributed by atoms with Crippen molar-refractivity contribution in [2.45, 2.75) is 12.0 Å². The molecule has 1 aliphatic rings. The summed E-state index contributed by atoms with van der Waals surface area (Å²) in [6, 6.07) is 12.3. The Hall–Kier alpha value is -3.19. The smallest absolute Gasteiger partial charge is 0.337 e. The van der Waals surface area contributed by atoms with Gasteiger partial charge in [-0.1, -0.05) is 30.3 Å². The summed E-state index contributed by atoms with van der Waals surface area (Å²) in [5.41, 5.74) is -1.53. The van der Waals surface area contributed by atoms with Crippen LogP contribution >= 0.6 is 0 Å². The van der Waals surface area contributed by atoms with Crippen LogP contribution in [0.25, 0.3) is 0 Å². The topological polar surface area (TPSA) is 116 Å². The first-order chi connectivity index (χ1) is 11.4. The van der Waals surface area contributed by atoms with E-state index in [0.29, 0.717) is 5.69 Å². The van der Waals surface area contributed by atoms with Crippen LogP contribution in [0.15, 0.2) is 48.5 Å². The van der Waals surface area contributed by atoms with Crippen LogP contribution in [-0.4, -0.2) is 28.0 Å². The van der Waals surface area contributed by atoms with Crippen molar-refractivity contribution < 1.29 is 24.6 Å². The third kappa shape index (κ3) is 2.61. The molecule has 1 aliphatic heterocycles. The number of hydrogen-bond donors (Lipinski definition) is 4. The summed E-state index contributed by atoms with van der Waals surface area (Å²) in [6.07, 6.45) is -0.453. The van der Waals surface area contributed by atoms with Gasteiger partial charge in [-0.15, -0.1) is 0 Å². The number of rotatable bonds is 3.